The maximum atomic E-state index is 12.1. The van der Waals surface area contributed by atoms with E-state index in [1.54, 1.807) is 7.05 Å². The normalized spacial score (nSPS) is 15.9. The number of anilines is 1. The molecule has 0 saturated heterocycles. The van der Waals surface area contributed by atoms with E-state index in [1.807, 2.05) is 24.3 Å². The van der Waals surface area contributed by atoms with Gasteiger partial charge in [-0.05, 0) is 42.5 Å². The SMILES string of the molecule is CNC(=O)Cc1ccc(NC(=O)CC2(CN)CCC2)cc1. The molecule has 5 heteroatoms. The van der Waals surface area contributed by atoms with Crippen LogP contribution in [0.4, 0.5) is 5.69 Å². The van der Waals surface area contributed by atoms with Crippen LogP contribution in [-0.4, -0.2) is 25.4 Å². The minimum atomic E-state index is -0.0262. The molecule has 2 rings (SSSR count). The van der Waals surface area contributed by atoms with Gasteiger partial charge < -0.3 is 16.4 Å². The van der Waals surface area contributed by atoms with Gasteiger partial charge in [0, 0.05) is 19.2 Å². The maximum Gasteiger partial charge on any atom is 0.224 e. The van der Waals surface area contributed by atoms with E-state index in [4.69, 9.17) is 5.73 Å². The molecule has 0 aromatic heterocycles. The van der Waals surface area contributed by atoms with Crippen LogP contribution in [0.2, 0.25) is 0 Å². The van der Waals surface area contributed by atoms with Crippen LogP contribution < -0.4 is 16.4 Å². The minimum Gasteiger partial charge on any atom is -0.359 e. The fraction of sp³-hybridized carbons (Fsp3) is 0.500. The van der Waals surface area contributed by atoms with Crippen molar-refractivity contribution >= 4 is 17.5 Å². The van der Waals surface area contributed by atoms with Crippen molar-refractivity contribution in [3.8, 4) is 0 Å². The number of nitrogens with one attached hydrogen (secondary N) is 2. The van der Waals surface area contributed by atoms with Crippen LogP contribution in [0.5, 0.6) is 0 Å². The maximum absolute atomic E-state index is 12.1. The smallest absolute Gasteiger partial charge is 0.224 e. The van der Waals surface area contributed by atoms with E-state index in [1.165, 1.54) is 6.42 Å². The summed E-state index contributed by atoms with van der Waals surface area (Å²) in [4.78, 5) is 23.3. The Morgan fingerprint density at radius 2 is 1.86 bits per heavy atom. The van der Waals surface area contributed by atoms with Gasteiger partial charge in [-0.15, -0.1) is 0 Å². The molecule has 0 spiro atoms. The van der Waals surface area contributed by atoms with Gasteiger partial charge in [0.25, 0.3) is 0 Å². The number of carbonyl (C=O) groups is 2. The minimum absolute atomic E-state index is 0.0131. The van der Waals surface area contributed by atoms with Crippen LogP contribution in [-0.2, 0) is 16.0 Å². The molecule has 4 N–H and O–H groups in total. The van der Waals surface area contributed by atoms with Crippen molar-refractivity contribution in [2.24, 2.45) is 11.1 Å². The fourth-order valence-corrected chi connectivity index (χ4v) is 2.66. The third kappa shape index (κ3) is 4.04. The second kappa shape index (κ2) is 6.72. The van der Waals surface area contributed by atoms with Crippen LogP contribution in [0.25, 0.3) is 0 Å². The summed E-state index contributed by atoms with van der Waals surface area (Å²) in [5, 5.41) is 5.48. The molecule has 0 unspecified atom stereocenters. The largest absolute Gasteiger partial charge is 0.359 e. The lowest BCUT2D eigenvalue weighted by molar-refractivity contribution is -0.120. The zero-order valence-electron chi connectivity index (χ0n) is 12.4. The van der Waals surface area contributed by atoms with Gasteiger partial charge in [0.15, 0.2) is 0 Å². The molecule has 0 heterocycles. The monoisotopic (exact) mass is 289 g/mol. The summed E-state index contributed by atoms with van der Waals surface area (Å²) in [5.74, 6) is -0.0131. The summed E-state index contributed by atoms with van der Waals surface area (Å²) in [6.07, 6.45) is 4.09. The number of likely N-dealkylation sites (N-methyl/N-ethyl adjacent to an activating group) is 1. The second-order valence-electron chi connectivity index (χ2n) is 5.83. The molecule has 0 bridgehead atoms. The topological polar surface area (TPSA) is 84.2 Å². The highest BCUT2D eigenvalue weighted by Gasteiger charge is 2.37. The van der Waals surface area contributed by atoms with Crippen molar-refractivity contribution < 1.29 is 9.59 Å². The average Bonchev–Trinajstić information content (AvgIpc) is 2.45. The Morgan fingerprint density at radius 1 is 1.19 bits per heavy atom. The van der Waals surface area contributed by atoms with E-state index < -0.39 is 0 Å². The van der Waals surface area contributed by atoms with Gasteiger partial charge in [-0.3, -0.25) is 9.59 Å². The fourth-order valence-electron chi connectivity index (χ4n) is 2.66. The van der Waals surface area contributed by atoms with Crippen molar-refractivity contribution in [1.29, 1.82) is 0 Å². The number of carbonyl (C=O) groups excluding carboxylic acids is 2. The third-order valence-electron chi connectivity index (χ3n) is 4.26. The number of hydrogen-bond donors (Lipinski definition) is 3. The number of hydrogen-bond acceptors (Lipinski definition) is 3. The quantitative estimate of drug-likeness (QED) is 0.740. The molecule has 0 aliphatic heterocycles. The lowest BCUT2D eigenvalue weighted by Gasteiger charge is -2.40. The first-order valence-electron chi connectivity index (χ1n) is 7.36. The molecule has 1 fully saturated rings. The second-order valence-corrected chi connectivity index (χ2v) is 5.83. The van der Waals surface area contributed by atoms with Crippen molar-refractivity contribution in [2.75, 3.05) is 18.9 Å². The van der Waals surface area contributed by atoms with Crippen molar-refractivity contribution in [2.45, 2.75) is 32.1 Å². The lowest BCUT2D eigenvalue weighted by atomic mass is 9.66. The van der Waals surface area contributed by atoms with Gasteiger partial charge in [-0.2, -0.15) is 0 Å². The van der Waals surface area contributed by atoms with Crippen molar-refractivity contribution in [3.63, 3.8) is 0 Å². The van der Waals surface area contributed by atoms with Crippen LogP contribution >= 0.6 is 0 Å². The Hall–Kier alpha value is -1.88. The van der Waals surface area contributed by atoms with Gasteiger partial charge in [0.2, 0.25) is 11.8 Å². The first-order chi connectivity index (χ1) is 10.1. The zero-order valence-corrected chi connectivity index (χ0v) is 12.4. The molecule has 2 amide bonds. The Bertz CT molecular complexity index is 501. The number of amides is 2. The predicted octanol–water partition coefficient (Wildman–Crippen LogP) is 1.43. The molecule has 1 aromatic rings. The standard InChI is InChI=1S/C16H23N3O2/c1-18-14(20)9-12-3-5-13(6-4-12)19-15(21)10-16(11-17)7-2-8-16/h3-6H,2,7-11,17H2,1H3,(H,18,20)(H,19,21). The van der Waals surface area contributed by atoms with Crippen molar-refractivity contribution in [3.05, 3.63) is 29.8 Å². The van der Waals surface area contributed by atoms with E-state index in [-0.39, 0.29) is 17.2 Å². The number of rotatable bonds is 6. The Balaban J connectivity index is 1.88. The summed E-state index contributed by atoms with van der Waals surface area (Å²) in [6, 6.07) is 7.36. The molecule has 114 valence electrons. The zero-order chi connectivity index (χ0) is 15.3. The summed E-state index contributed by atoms with van der Waals surface area (Å²) in [6.45, 7) is 0.575. The number of nitrogens with two attached hydrogens (primary N) is 1. The molecule has 0 atom stereocenters. The highest BCUT2D eigenvalue weighted by Crippen LogP contribution is 2.43. The van der Waals surface area contributed by atoms with Gasteiger partial charge in [-0.1, -0.05) is 18.6 Å². The van der Waals surface area contributed by atoms with Gasteiger partial charge >= 0.3 is 0 Å². The third-order valence-corrected chi connectivity index (χ3v) is 4.26. The summed E-state index contributed by atoms with van der Waals surface area (Å²) >= 11 is 0. The van der Waals surface area contributed by atoms with Crippen molar-refractivity contribution in [1.82, 2.24) is 5.32 Å². The van der Waals surface area contributed by atoms with Crippen LogP contribution in [0, 0.1) is 5.41 Å². The molecular formula is C16H23N3O2. The number of benzene rings is 1. The lowest BCUT2D eigenvalue weighted by Crippen LogP contribution is -2.40. The van der Waals surface area contributed by atoms with E-state index in [0.717, 1.165) is 24.1 Å². The molecule has 1 aromatic carbocycles. The predicted molar refractivity (Wildman–Crippen MR) is 82.8 cm³/mol. The first-order valence-corrected chi connectivity index (χ1v) is 7.36. The first kappa shape index (κ1) is 15.5. The Labute approximate surface area is 125 Å². The summed E-state index contributed by atoms with van der Waals surface area (Å²) in [5.41, 5.74) is 7.47. The molecule has 1 aliphatic carbocycles. The Morgan fingerprint density at radius 3 is 2.33 bits per heavy atom. The van der Waals surface area contributed by atoms with Gasteiger partial charge in [0.05, 0.1) is 6.42 Å². The van der Waals surface area contributed by atoms with Crippen LogP contribution in [0.15, 0.2) is 24.3 Å². The Kier molecular flexibility index (Phi) is 4.96. The average molecular weight is 289 g/mol. The van der Waals surface area contributed by atoms with E-state index >= 15 is 0 Å². The van der Waals surface area contributed by atoms with Crippen LogP contribution in [0.3, 0.4) is 0 Å². The molecule has 1 aliphatic rings. The molecular weight excluding hydrogens is 266 g/mol. The molecule has 21 heavy (non-hydrogen) atoms. The van der Waals surface area contributed by atoms with E-state index in [0.29, 0.717) is 19.4 Å². The molecule has 5 nitrogen and oxygen atoms in total. The highest BCUT2D eigenvalue weighted by molar-refractivity contribution is 5.91. The summed E-state index contributed by atoms with van der Waals surface area (Å²) in [7, 11) is 1.62. The summed E-state index contributed by atoms with van der Waals surface area (Å²) < 4.78 is 0. The highest BCUT2D eigenvalue weighted by atomic mass is 16.2. The van der Waals surface area contributed by atoms with E-state index in [2.05, 4.69) is 10.6 Å². The van der Waals surface area contributed by atoms with Crippen LogP contribution in [0.1, 0.15) is 31.2 Å². The van der Waals surface area contributed by atoms with Gasteiger partial charge in [0.1, 0.15) is 0 Å². The molecule has 1 saturated carbocycles. The van der Waals surface area contributed by atoms with Gasteiger partial charge in [-0.25, -0.2) is 0 Å². The molecule has 0 radical (unpaired) electrons. The van der Waals surface area contributed by atoms with E-state index in [9.17, 15) is 9.59 Å².